The molecule has 2 nitrogen and oxygen atoms in total. The summed E-state index contributed by atoms with van der Waals surface area (Å²) in [7, 11) is 0. The molecule has 0 aromatic carbocycles. The third-order valence-electron chi connectivity index (χ3n) is 4.99. The molecule has 7 heteroatoms. The first-order chi connectivity index (χ1) is 14.9. The molecule has 0 spiro atoms. The monoisotopic (exact) mass is 496 g/mol. The molecule has 1 saturated carbocycles. The second-order valence-electron chi connectivity index (χ2n) is 7.20. The van der Waals surface area contributed by atoms with Gasteiger partial charge in [-0.2, -0.15) is 23.5 Å². The van der Waals surface area contributed by atoms with Crippen LogP contribution in [0.5, 0.6) is 0 Å². The van der Waals surface area contributed by atoms with Crippen molar-refractivity contribution in [1.82, 2.24) is 0 Å². The fourth-order valence-electron chi connectivity index (χ4n) is 3.51. The summed E-state index contributed by atoms with van der Waals surface area (Å²) in [4.78, 5) is 9.74. The van der Waals surface area contributed by atoms with Crippen molar-refractivity contribution in [3.8, 4) is 0 Å². The molecule has 0 bridgehead atoms. The van der Waals surface area contributed by atoms with Crippen molar-refractivity contribution < 1.29 is 0 Å². The van der Waals surface area contributed by atoms with Gasteiger partial charge in [0, 0.05) is 40.4 Å². The summed E-state index contributed by atoms with van der Waals surface area (Å²) < 4.78 is 0. The van der Waals surface area contributed by atoms with Crippen LogP contribution in [-0.2, 0) is 0 Å². The first-order valence-electron chi connectivity index (χ1n) is 10.8. The van der Waals surface area contributed by atoms with E-state index in [4.69, 9.17) is 9.98 Å². The van der Waals surface area contributed by atoms with Crippen LogP contribution in [0, 0.1) is 0 Å². The number of hydrogen-bond acceptors (Lipinski definition) is 7. The smallest absolute Gasteiger partial charge is 0.0487 e. The summed E-state index contributed by atoms with van der Waals surface area (Å²) in [5, 5.41) is 11.9. The topological polar surface area (TPSA) is 24.7 Å². The standard InChI is InChI=1S/C23H32N2S5/c1-3-8-22-20(6-1)24-10-14-26-16-18-28-19-17-27-15-11-25-21-7-2-4-9-23(21)30-13-5-12-29-22/h1,6,11,15-19,22-23H,2-5,7-10,12-14H2/b15-11-,18-16-,19-17-,24-20?,25-21?. The van der Waals surface area contributed by atoms with Crippen LogP contribution in [0.25, 0.3) is 0 Å². The molecule has 1 heterocycles. The van der Waals surface area contributed by atoms with Crippen LogP contribution in [0.1, 0.15) is 44.9 Å². The lowest BCUT2D eigenvalue weighted by molar-refractivity contribution is 0.674. The van der Waals surface area contributed by atoms with Crippen molar-refractivity contribution in [3.63, 3.8) is 0 Å². The van der Waals surface area contributed by atoms with Crippen molar-refractivity contribution in [2.45, 2.75) is 55.4 Å². The summed E-state index contributed by atoms with van der Waals surface area (Å²) in [6, 6.07) is 0. The van der Waals surface area contributed by atoms with Gasteiger partial charge in [-0.3, -0.25) is 9.98 Å². The Morgan fingerprint density at radius 1 is 0.800 bits per heavy atom. The first-order valence-corrected chi connectivity index (χ1v) is 15.8. The molecule has 164 valence electrons. The van der Waals surface area contributed by atoms with Gasteiger partial charge in [0.15, 0.2) is 0 Å². The first kappa shape index (κ1) is 24.7. The molecule has 0 N–H and O–H groups in total. The fourth-order valence-corrected chi connectivity index (χ4v) is 7.95. The summed E-state index contributed by atoms with van der Waals surface area (Å²) in [6.45, 7) is 0.909. The zero-order valence-electron chi connectivity index (χ0n) is 17.5. The molecule has 3 aliphatic rings. The lowest BCUT2D eigenvalue weighted by Gasteiger charge is -2.24. The van der Waals surface area contributed by atoms with Gasteiger partial charge < -0.3 is 0 Å². The Morgan fingerprint density at radius 3 is 2.57 bits per heavy atom. The highest BCUT2D eigenvalue weighted by atomic mass is 32.2. The minimum absolute atomic E-state index is 0.591. The normalized spacial score (nSPS) is 30.9. The average Bonchev–Trinajstić information content (AvgIpc) is 2.78. The number of fused-ring (bicyclic) bond motifs is 2. The van der Waals surface area contributed by atoms with Crippen molar-refractivity contribution >= 4 is 70.2 Å². The predicted octanol–water partition coefficient (Wildman–Crippen LogP) is 8.01. The number of nitrogens with zero attached hydrogens (tertiary/aromatic N) is 2. The van der Waals surface area contributed by atoms with Gasteiger partial charge in [-0.1, -0.05) is 12.5 Å². The zero-order chi connectivity index (χ0) is 20.7. The molecule has 1 fully saturated rings. The van der Waals surface area contributed by atoms with E-state index < -0.39 is 0 Å². The van der Waals surface area contributed by atoms with Gasteiger partial charge in [0.25, 0.3) is 0 Å². The molecule has 0 amide bonds. The molecule has 3 rings (SSSR count). The SMILES string of the molecule is C1=CC2=NCCS/C=C\S/C=C\S/C=C\N=C3CCCCC3SCCCSC2CC1. The zero-order valence-corrected chi connectivity index (χ0v) is 21.6. The summed E-state index contributed by atoms with van der Waals surface area (Å²) >= 11 is 9.51. The van der Waals surface area contributed by atoms with E-state index in [1.807, 2.05) is 18.0 Å². The number of rotatable bonds is 0. The molecule has 0 aromatic rings. The molecule has 2 aliphatic carbocycles. The lowest BCUT2D eigenvalue weighted by Crippen LogP contribution is -2.22. The third-order valence-corrected chi connectivity index (χ3v) is 10.1. The van der Waals surface area contributed by atoms with Crippen LogP contribution < -0.4 is 0 Å². The van der Waals surface area contributed by atoms with E-state index in [9.17, 15) is 0 Å². The molecule has 2 atom stereocenters. The van der Waals surface area contributed by atoms with E-state index in [2.05, 4.69) is 62.7 Å². The largest absolute Gasteiger partial charge is 0.288 e. The molecule has 2 unspecified atom stereocenters. The second-order valence-corrected chi connectivity index (χ2v) is 12.5. The maximum absolute atomic E-state index is 4.91. The van der Waals surface area contributed by atoms with Crippen LogP contribution in [-0.4, -0.2) is 45.7 Å². The summed E-state index contributed by atoms with van der Waals surface area (Å²) in [5.74, 6) is 3.53. The van der Waals surface area contributed by atoms with E-state index in [0.29, 0.717) is 10.5 Å². The van der Waals surface area contributed by atoms with Crippen LogP contribution in [0.4, 0.5) is 0 Å². The van der Waals surface area contributed by atoms with Crippen molar-refractivity contribution in [2.75, 3.05) is 23.8 Å². The Hall–Kier alpha value is 0.0500. The molecular weight excluding hydrogens is 465 g/mol. The van der Waals surface area contributed by atoms with Gasteiger partial charge in [-0.25, -0.2) is 0 Å². The molecule has 1 aliphatic heterocycles. The highest BCUT2D eigenvalue weighted by molar-refractivity contribution is 8.09. The average molecular weight is 497 g/mol. The van der Waals surface area contributed by atoms with Crippen molar-refractivity contribution in [3.05, 3.63) is 45.4 Å². The Balaban J connectivity index is 1.58. The molecule has 0 saturated heterocycles. The van der Waals surface area contributed by atoms with Gasteiger partial charge in [0.2, 0.25) is 0 Å². The predicted molar refractivity (Wildman–Crippen MR) is 149 cm³/mol. The van der Waals surface area contributed by atoms with Crippen molar-refractivity contribution in [1.29, 1.82) is 0 Å². The Bertz CT molecular complexity index is 681. The van der Waals surface area contributed by atoms with Crippen LogP contribution in [0.15, 0.2) is 55.4 Å². The second kappa shape index (κ2) is 15.8. The molecule has 0 aromatic heterocycles. The van der Waals surface area contributed by atoms with Gasteiger partial charge in [0.1, 0.15) is 0 Å². The number of aliphatic imine (C=N–C) groups is 2. The maximum atomic E-state index is 4.91. The highest BCUT2D eigenvalue weighted by Gasteiger charge is 2.21. The lowest BCUT2D eigenvalue weighted by atomic mass is 9.98. The third kappa shape index (κ3) is 9.68. The van der Waals surface area contributed by atoms with Crippen LogP contribution in [0.3, 0.4) is 0 Å². The summed E-state index contributed by atoms with van der Waals surface area (Å²) in [5.41, 5.74) is 2.72. The summed E-state index contributed by atoms with van der Waals surface area (Å²) in [6.07, 6.45) is 15.4. The number of hydrogen-bond donors (Lipinski definition) is 0. The molecule has 0 radical (unpaired) electrons. The van der Waals surface area contributed by atoms with Gasteiger partial charge in [-0.05, 0) is 83.1 Å². The quantitative estimate of drug-likeness (QED) is 0.338. The van der Waals surface area contributed by atoms with E-state index in [-0.39, 0.29) is 0 Å². The Morgan fingerprint density at radius 2 is 1.63 bits per heavy atom. The highest BCUT2D eigenvalue weighted by Crippen LogP contribution is 2.29. The van der Waals surface area contributed by atoms with E-state index >= 15 is 0 Å². The molecule has 30 heavy (non-hydrogen) atoms. The molecular formula is C23H32N2S5. The van der Waals surface area contributed by atoms with Gasteiger partial charge in [-0.15, -0.1) is 35.3 Å². The van der Waals surface area contributed by atoms with E-state index in [1.54, 1.807) is 23.5 Å². The minimum atomic E-state index is 0.591. The van der Waals surface area contributed by atoms with Gasteiger partial charge >= 0.3 is 0 Å². The minimum Gasteiger partial charge on any atom is -0.288 e. The maximum Gasteiger partial charge on any atom is 0.0487 e. The number of allylic oxidation sites excluding steroid dienone is 2. The number of thioether (sulfide) groups is 5. The van der Waals surface area contributed by atoms with E-state index in [1.165, 1.54) is 67.9 Å². The fraction of sp³-hybridized carbons (Fsp3) is 0.565. The Kier molecular flexibility index (Phi) is 13.0. The van der Waals surface area contributed by atoms with Gasteiger partial charge in [0.05, 0.1) is 0 Å². The van der Waals surface area contributed by atoms with E-state index in [0.717, 1.165) is 12.3 Å². The Labute approximate surface area is 203 Å². The van der Waals surface area contributed by atoms with Crippen LogP contribution in [0.2, 0.25) is 0 Å². The van der Waals surface area contributed by atoms with Crippen LogP contribution >= 0.6 is 58.8 Å². The van der Waals surface area contributed by atoms with Crippen molar-refractivity contribution in [2.24, 2.45) is 9.98 Å².